The lowest BCUT2D eigenvalue weighted by atomic mass is 9.67. The largest absolute Gasteiger partial charge is 0.208 e. The minimum atomic E-state index is -0.444. The Balaban J connectivity index is 1.16. The molecule has 0 spiro atoms. The SMILES string of the molecule is c1ccc(-c2nc(-c3ccccc3)nc(-c3cccc4cc(-c5cccc6c5-c5ccccc5C6(c5ccccc5)c5ccccc5)ccc34)n2)cc1. The summed E-state index contributed by atoms with van der Waals surface area (Å²) in [6, 6.07) is 71.2. The van der Waals surface area contributed by atoms with Crippen LogP contribution in [0.25, 0.3) is 67.2 Å². The molecule has 3 nitrogen and oxygen atoms in total. The lowest BCUT2D eigenvalue weighted by molar-refractivity contribution is 0.768. The Hall–Kier alpha value is -6.97. The van der Waals surface area contributed by atoms with Gasteiger partial charge in [-0.1, -0.05) is 194 Å². The fourth-order valence-electron chi connectivity index (χ4n) is 8.31. The highest BCUT2D eigenvalue weighted by molar-refractivity contribution is 6.01. The van der Waals surface area contributed by atoms with Crippen LogP contribution in [-0.4, -0.2) is 15.0 Å². The van der Waals surface area contributed by atoms with Gasteiger partial charge >= 0.3 is 0 Å². The number of nitrogens with zero attached hydrogens (tertiary/aromatic N) is 3. The smallest absolute Gasteiger partial charge is 0.164 e. The molecular weight excluding hydrogens is 643 g/mol. The van der Waals surface area contributed by atoms with Gasteiger partial charge in [0.2, 0.25) is 0 Å². The van der Waals surface area contributed by atoms with Crippen LogP contribution < -0.4 is 0 Å². The zero-order valence-electron chi connectivity index (χ0n) is 28.9. The predicted molar refractivity (Wildman–Crippen MR) is 216 cm³/mol. The standard InChI is InChI=1S/C50H33N3/c1-5-17-34(18-6-1)47-51-48(35-19-7-2-8-20-35)53-49(52-47)42-28-15-21-36-33-37(31-32-40(36)42)41-27-16-30-45-46(41)43-26-13-14-29-44(43)50(45,38-22-9-3-10-23-38)39-24-11-4-12-25-39/h1-33H. The fraction of sp³-hybridized carbons (Fsp3) is 0.0200. The van der Waals surface area contributed by atoms with E-state index in [0.29, 0.717) is 17.5 Å². The topological polar surface area (TPSA) is 38.7 Å². The highest BCUT2D eigenvalue weighted by Gasteiger charge is 2.46. The van der Waals surface area contributed by atoms with Gasteiger partial charge in [0.15, 0.2) is 17.5 Å². The quantitative estimate of drug-likeness (QED) is 0.176. The van der Waals surface area contributed by atoms with E-state index in [1.807, 2.05) is 60.7 Å². The second kappa shape index (κ2) is 12.7. The van der Waals surface area contributed by atoms with Crippen molar-refractivity contribution in [3.05, 3.63) is 222 Å². The zero-order valence-corrected chi connectivity index (χ0v) is 28.9. The van der Waals surface area contributed by atoms with Gasteiger partial charge in [-0.3, -0.25) is 0 Å². The molecular formula is C50H33N3. The monoisotopic (exact) mass is 675 g/mol. The van der Waals surface area contributed by atoms with Crippen molar-refractivity contribution in [2.24, 2.45) is 0 Å². The highest BCUT2D eigenvalue weighted by Crippen LogP contribution is 2.58. The van der Waals surface area contributed by atoms with Crippen LogP contribution in [0.1, 0.15) is 22.3 Å². The van der Waals surface area contributed by atoms with Gasteiger partial charge in [0.05, 0.1) is 5.41 Å². The zero-order chi connectivity index (χ0) is 35.2. The molecule has 0 saturated heterocycles. The van der Waals surface area contributed by atoms with E-state index in [-0.39, 0.29) is 0 Å². The van der Waals surface area contributed by atoms with Gasteiger partial charge < -0.3 is 0 Å². The van der Waals surface area contributed by atoms with Crippen LogP contribution in [0.2, 0.25) is 0 Å². The predicted octanol–water partition coefficient (Wildman–Crippen LogP) is 12.1. The summed E-state index contributed by atoms with van der Waals surface area (Å²) in [5.41, 5.74) is 12.5. The summed E-state index contributed by atoms with van der Waals surface area (Å²) in [7, 11) is 0. The summed E-state index contributed by atoms with van der Waals surface area (Å²) in [6.07, 6.45) is 0. The van der Waals surface area contributed by atoms with Crippen LogP contribution in [0.15, 0.2) is 200 Å². The van der Waals surface area contributed by atoms with Crippen molar-refractivity contribution in [3.63, 3.8) is 0 Å². The Morgan fingerprint density at radius 1 is 0.321 bits per heavy atom. The Morgan fingerprint density at radius 2 is 0.811 bits per heavy atom. The van der Waals surface area contributed by atoms with Gasteiger partial charge in [0.1, 0.15) is 0 Å². The van der Waals surface area contributed by atoms with Crippen molar-refractivity contribution in [2.45, 2.75) is 5.41 Å². The molecule has 0 amide bonds. The van der Waals surface area contributed by atoms with Crippen LogP contribution in [-0.2, 0) is 5.41 Å². The number of fused-ring (bicyclic) bond motifs is 4. The van der Waals surface area contributed by atoms with Crippen LogP contribution in [0, 0.1) is 0 Å². The molecule has 10 rings (SSSR count). The van der Waals surface area contributed by atoms with E-state index in [9.17, 15) is 0 Å². The second-order valence-electron chi connectivity index (χ2n) is 13.5. The normalized spacial score (nSPS) is 12.7. The Morgan fingerprint density at radius 3 is 1.45 bits per heavy atom. The van der Waals surface area contributed by atoms with E-state index < -0.39 is 5.41 Å². The van der Waals surface area contributed by atoms with Crippen LogP contribution in [0.5, 0.6) is 0 Å². The third kappa shape index (κ3) is 5.01. The first-order chi connectivity index (χ1) is 26.3. The van der Waals surface area contributed by atoms with E-state index in [4.69, 9.17) is 15.0 Å². The molecule has 0 saturated carbocycles. The lowest BCUT2D eigenvalue weighted by Crippen LogP contribution is -2.28. The molecule has 3 heteroatoms. The third-order valence-corrected chi connectivity index (χ3v) is 10.6. The van der Waals surface area contributed by atoms with E-state index >= 15 is 0 Å². The molecule has 1 aliphatic carbocycles. The van der Waals surface area contributed by atoms with Crippen molar-refractivity contribution in [1.82, 2.24) is 15.0 Å². The van der Waals surface area contributed by atoms with Crippen molar-refractivity contribution in [1.29, 1.82) is 0 Å². The Kier molecular flexibility index (Phi) is 7.36. The molecule has 53 heavy (non-hydrogen) atoms. The van der Waals surface area contributed by atoms with Crippen molar-refractivity contribution in [2.75, 3.05) is 0 Å². The van der Waals surface area contributed by atoms with Crippen LogP contribution >= 0.6 is 0 Å². The third-order valence-electron chi connectivity index (χ3n) is 10.6. The minimum Gasteiger partial charge on any atom is -0.208 e. The molecule has 0 radical (unpaired) electrons. The van der Waals surface area contributed by atoms with Gasteiger partial charge in [-0.05, 0) is 61.3 Å². The van der Waals surface area contributed by atoms with Gasteiger partial charge in [-0.2, -0.15) is 0 Å². The molecule has 8 aromatic carbocycles. The molecule has 248 valence electrons. The minimum absolute atomic E-state index is 0.444. The maximum Gasteiger partial charge on any atom is 0.164 e. The number of hydrogen-bond acceptors (Lipinski definition) is 3. The van der Waals surface area contributed by atoms with Crippen molar-refractivity contribution in [3.8, 4) is 56.4 Å². The lowest BCUT2D eigenvalue weighted by Gasteiger charge is -2.34. The van der Waals surface area contributed by atoms with E-state index in [1.54, 1.807) is 0 Å². The number of aromatic nitrogens is 3. The first-order valence-corrected chi connectivity index (χ1v) is 18.0. The van der Waals surface area contributed by atoms with E-state index in [2.05, 4.69) is 140 Å². The van der Waals surface area contributed by atoms with Crippen molar-refractivity contribution < 1.29 is 0 Å². The first kappa shape index (κ1) is 30.8. The summed E-state index contributed by atoms with van der Waals surface area (Å²) in [5.74, 6) is 1.96. The molecule has 1 aliphatic rings. The average Bonchev–Trinajstić information content (AvgIpc) is 3.56. The van der Waals surface area contributed by atoms with Gasteiger partial charge in [0.25, 0.3) is 0 Å². The average molecular weight is 676 g/mol. The summed E-state index contributed by atoms with van der Waals surface area (Å²) < 4.78 is 0. The molecule has 1 aromatic heterocycles. The molecule has 0 fully saturated rings. The van der Waals surface area contributed by atoms with Crippen LogP contribution in [0.3, 0.4) is 0 Å². The molecule has 9 aromatic rings. The molecule has 0 N–H and O–H groups in total. The Bertz CT molecular complexity index is 2660. The molecule has 0 aliphatic heterocycles. The van der Waals surface area contributed by atoms with E-state index in [0.717, 1.165) is 27.5 Å². The summed E-state index contributed by atoms with van der Waals surface area (Å²) in [4.78, 5) is 15.0. The number of benzene rings is 8. The molecule has 0 unspecified atom stereocenters. The Labute approximate surface area is 309 Å². The van der Waals surface area contributed by atoms with Gasteiger partial charge in [-0.25, -0.2) is 15.0 Å². The second-order valence-corrected chi connectivity index (χ2v) is 13.5. The number of rotatable bonds is 6. The molecule has 0 atom stereocenters. The molecule has 0 bridgehead atoms. The maximum atomic E-state index is 5.05. The van der Waals surface area contributed by atoms with Gasteiger partial charge in [-0.15, -0.1) is 0 Å². The first-order valence-electron chi connectivity index (χ1n) is 18.0. The molecule has 1 heterocycles. The van der Waals surface area contributed by atoms with Gasteiger partial charge in [0, 0.05) is 16.7 Å². The van der Waals surface area contributed by atoms with Crippen LogP contribution in [0.4, 0.5) is 0 Å². The maximum absolute atomic E-state index is 5.05. The summed E-state index contributed by atoms with van der Waals surface area (Å²) in [5, 5.41) is 2.22. The summed E-state index contributed by atoms with van der Waals surface area (Å²) in [6.45, 7) is 0. The van der Waals surface area contributed by atoms with E-state index in [1.165, 1.54) is 44.5 Å². The number of hydrogen-bond donors (Lipinski definition) is 0. The van der Waals surface area contributed by atoms with Crippen molar-refractivity contribution >= 4 is 10.8 Å². The highest BCUT2D eigenvalue weighted by atomic mass is 15.0. The fourth-order valence-corrected chi connectivity index (χ4v) is 8.31. The summed E-state index contributed by atoms with van der Waals surface area (Å²) >= 11 is 0.